The van der Waals surface area contributed by atoms with Crippen LogP contribution >= 0.6 is 34.5 Å². The molecule has 0 aliphatic carbocycles. The van der Waals surface area contributed by atoms with Gasteiger partial charge in [0.15, 0.2) is 5.13 Å². The average molecular weight is 396 g/mol. The smallest absolute Gasteiger partial charge is 0.248 e. The van der Waals surface area contributed by atoms with Gasteiger partial charge in [-0.3, -0.25) is 9.59 Å². The van der Waals surface area contributed by atoms with Gasteiger partial charge in [-0.15, -0.1) is 11.3 Å². The Bertz CT molecular complexity index is 788. The van der Waals surface area contributed by atoms with Crippen molar-refractivity contribution in [2.75, 3.05) is 11.9 Å². The number of carbonyl (C=O) groups is 2. The summed E-state index contributed by atoms with van der Waals surface area (Å²) in [6.45, 7) is 0.537. The summed E-state index contributed by atoms with van der Waals surface area (Å²) in [5.74, 6) is -0.460. The molecule has 1 aromatic carbocycles. The normalized spacial score (nSPS) is 17.2. The zero-order valence-corrected chi connectivity index (χ0v) is 15.4. The quantitative estimate of drug-likeness (QED) is 0.792. The van der Waals surface area contributed by atoms with E-state index in [-0.39, 0.29) is 11.8 Å². The van der Waals surface area contributed by atoms with Gasteiger partial charge in [0.05, 0.1) is 0 Å². The van der Waals surface area contributed by atoms with E-state index in [2.05, 4.69) is 10.3 Å². The van der Waals surface area contributed by atoms with Gasteiger partial charge in [-0.1, -0.05) is 29.3 Å². The van der Waals surface area contributed by atoms with E-state index in [1.165, 1.54) is 17.4 Å². The van der Waals surface area contributed by atoms with Crippen LogP contribution in [0.5, 0.6) is 0 Å². The number of rotatable bonds is 4. The zero-order valence-electron chi connectivity index (χ0n) is 13.1. The van der Waals surface area contributed by atoms with E-state index in [9.17, 15) is 9.59 Å². The molecule has 1 atom stereocenters. The van der Waals surface area contributed by atoms with Crippen molar-refractivity contribution in [2.45, 2.75) is 18.9 Å². The van der Waals surface area contributed by atoms with E-state index >= 15 is 0 Å². The van der Waals surface area contributed by atoms with Gasteiger partial charge >= 0.3 is 0 Å². The van der Waals surface area contributed by atoms with Gasteiger partial charge < -0.3 is 10.2 Å². The van der Waals surface area contributed by atoms with E-state index in [1.807, 2.05) is 0 Å². The van der Waals surface area contributed by atoms with Crippen molar-refractivity contribution >= 4 is 57.6 Å². The van der Waals surface area contributed by atoms with Crippen molar-refractivity contribution in [3.8, 4) is 0 Å². The lowest BCUT2D eigenvalue weighted by atomic mass is 10.2. The van der Waals surface area contributed by atoms with E-state index in [0.717, 1.165) is 6.42 Å². The molecule has 1 aliphatic heterocycles. The Kier molecular flexibility index (Phi) is 5.73. The molecule has 0 radical (unpaired) electrons. The van der Waals surface area contributed by atoms with Crippen LogP contribution in [0.25, 0.3) is 6.08 Å². The van der Waals surface area contributed by atoms with Gasteiger partial charge in [-0.2, -0.15) is 0 Å². The highest BCUT2D eigenvalue weighted by Crippen LogP contribution is 2.26. The summed E-state index contributed by atoms with van der Waals surface area (Å²) in [7, 11) is 0. The second-order valence-corrected chi connectivity index (χ2v) is 7.19. The Morgan fingerprint density at radius 3 is 2.76 bits per heavy atom. The highest BCUT2D eigenvalue weighted by atomic mass is 35.5. The lowest BCUT2D eigenvalue weighted by molar-refractivity contribution is -0.132. The monoisotopic (exact) mass is 395 g/mol. The lowest BCUT2D eigenvalue weighted by Crippen LogP contribution is -2.42. The summed E-state index contributed by atoms with van der Waals surface area (Å²) in [5.41, 5.74) is 0.585. The molecule has 0 bridgehead atoms. The van der Waals surface area contributed by atoms with Crippen molar-refractivity contribution in [3.05, 3.63) is 51.5 Å². The van der Waals surface area contributed by atoms with E-state index < -0.39 is 6.04 Å². The van der Waals surface area contributed by atoms with Crippen LogP contribution in [-0.4, -0.2) is 34.3 Å². The second-order valence-electron chi connectivity index (χ2n) is 5.48. The van der Waals surface area contributed by atoms with Crippen LogP contribution in [0.1, 0.15) is 18.4 Å². The standard InChI is InChI=1S/C17H15Cl2N3O2S/c18-12-3-1-4-13(19)11(12)6-7-15(23)22-9-2-5-14(22)16(24)21-17-20-8-10-25-17/h1,3-4,6-8,10,14H,2,5,9H2,(H,20,21,24)/b7-6+. The fraction of sp³-hybridized carbons (Fsp3) is 0.235. The van der Waals surface area contributed by atoms with Gasteiger partial charge in [0, 0.05) is 39.8 Å². The topological polar surface area (TPSA) is 62.3 Å². The molecule has 0 spiro atoms. The number of anilines is 1. The number of halogens is 2. The third-order valence-corrected chi connectivity index (χ3v) is 5.24. The summed E-state index contributed by atoms with van der Waals surface area (Å²) >= 11 is 13.5. The number of aromatic nitrogens is 1. The highest BCUT2D eigenvalue weighted by molar-refractivity contribution is 7.13. The first-order valence-electron chi connectivity index (χ1n) is 7.69. The van der Waals surface area contributed by atoms with Crippen LogP contribution in [0, 0.1) is 0 Å². The van der Waals surface area contributed by atoms with Crippen molar-refractivity contribution in [3.63, 3.8) is 0 Å². The van der Waals surface area contributed by atoms with Crippen molar-refractivity contribution in [2.24, 2.45) is 0 Å². The summed E-state index contributed by atoms with van der Waals surface area (Å²) < 4.78 is 0. The van der Waals surface area contributed by atoms with Crippen LogP contribution in [0.15, 0.2) is 35.9 Å². The Morgan fingerprint density at radius 2 is 2.08 bits per heavy atom. The molecule has 25 heavy (non-hydrogen) atoms. The first-order chi connectivity index (χ1) is 12.1. The van der Waals surface area contributed by atoms with Crippen molar-refractivity contribution in [1.29, 1.82) is 0 Å². The Morgan fingerprint density at radius 1 is 1.32 bits per heavy atom. The Labute approximate surface area is 159 Å². The van der Waals surface area contributed by atoms with Gasteiger partial charge in [-0.25, -0.2) is 4.98 Å². The molecule has 1 saturated heterocycles. The molecule has 1 fully saturated rings. The molecule has 0 saturated carbocycles. The number of nitrogens with one attached hydrogen (secondary N) is 1. The number of carbonyl (C=O) groups excluding carboxylic acids is 2. The fourth-order valence-corrected chi connectivity index (χ4v) is 3.75. The molecule has 2 heterocycles. The van der Waals surface area contributed by atoms with Crippen LogP contribution in [0.4, 0.5) is 5.13 Å². The minimum Gasteiger partial charge on any atom is -0.327 e. The molecular formula is C17H15Cl2N3O2S. The number of benzene rings is 1. The first-order valence-corrected chi connectivity index (χ1v) is 9.33. The number of amides is 2. The van der Waals surface area contributed by atoms with Crippen LogP contribution in [0.3, 0.4) is 0 Å². The number of nitrogens with zero attached hydrogens (tertiary/aromatic N) is 2. The van der Waals surface area contributed by atoms with Crippen LogP contribution < -0.4 is 5.32 Å². The first kappa shape index (κ1) is 17.9. The molecule has 1 unspecified atom stereocenters. The number of likely N-dealkylation sites (tertiary alicyclic amines) is 1. The van der Waals surface area contributed by atoms with E-state index in [1.54, 1.807) is 40.8 Å². The molecule has 8 heteroatoms. The maximum absolute atomic E-state index is 12.5. The maximum atomic E-state index is 12.5. The molecular weight excluding hydrogens is 381 g/mol. The third-order valence-electron chi connectivity index (χ3n) is 3.89. The Balaban J connectivity index is 1.70. The van der Waals surface area contributed by atoms with E-state index in [0.29, 0.717) is 33.7 Å². The highest BCUT2D eigenvalue weighted by Gasteiger charge is 2.33. The van der Waals surface area contributed by atoms with Crippen molar-refractivity contribution in [1.82, 2.24) is 9.88 Å². The summed E-state index contributed by atoms with van der Waals surface area (Å²) in [6.07, 6.45) is 6.02. The maximum Gasteiger partial charge on any atom is 0.248 e. The number of thiazole rings is 1. The predicted octanol–water partition coefficient (Wildman–Crippen LogP) is 4.09. The molecule has 1 aromatic heterocycles. The third kappa shape index (κ3) is 4.21. The SMILES string of the molecule is O=C(Nc1nccs1)C1CCCN1C(=O)/C=C/c1c(Cl)cccc1Cl. The minimum atomic E-state index is -0.497. The minimum absolute atomic E-state index is 0.218. The van der Waals surface area contributed by atoms with E-state index in [4.69, 9.17) is 23.2 Å². The van der Waals surface area contributed by atoms with Gasteiger partial charge in [0.25, 0.3) is 0 Å². The number of hydrogen-bond acceptors (Lipinski definition) is 4. The fourth-order valence-electron chi connectivity index (χ4n) is 2.70. The molecule has 1 aliphatic rings. The predicted molar refractivity (Wildman–Crippen MR) is 101 cm³/mol. The average Bonchev–Trinajstić information content (AvgIpc) is 3.25. The number of hydrogen-bond donors (Lipinski definition) is 1. The second kappa shape index (κ2) is 7.99. The summed E-state index contributed by atoms with van der Waals surface area (Å²) in [5, 5.41) is 6.00. The van der Waals surface area contributed by atoms with Gasteiger partial charge in [0.1, 0.15) is 6.04 Å². The summed E-state index contributed by atoms with van der Waals surface area (Å²) in [6, 6.07) is 4.65. The molecule has 130 valence electrons. The molecule has 5 nitrogen and oxygen atoms in total. The van der Waals surface area contributed by atoms with Gasteiger partial charge in [-0.05, 0) is 31.1 Å². The molecule has 1 N–H and O–H groups in total. The molecule has 2 aromatic rings. The largest absolute Gasteiger partial charge is 0.327 e. The van der Waals surface area contributed by atoms with Crippen LogP contribution in [-0.2, 0) is 9.59 Å². The van der Waals surface area contributed by atoms with Gasteiger partial charge in [0.2, 0.25) is 11.8 Å². The Hall–Kier alpha value is -1.89. The zero-order chi connectivity index (χ0) is 17.8. The molecule has 3 rings (SSSR count). The molecule has 2 amide bonds. The van der Waals surface area contributed by atoms with Crippen molar-refractivity contribution < 1.29 is 9.59 Å². The lowest BCUT2D eigenvalue weighted by Gasteiger charge is -2.22. The van der Waals surface area contributed by atoms with Crippen LogP contribution in [0.2, 0.25) is 10.0 Å². The summed E-state index contributed by atoms with van der Waals surface area (Å²) in [4.78, 5) is 30.5.